The van der Waals surface area contributed by atoms with Gasteiger partial charge in [-0.1, -0.05) is 88.8 Å². The number of benzene rings is 1. The van der Waals surface area contributed by atoms with Gasteiger partial charge >= 0.3 is 0 Å². The van der Waals surface area contributed by atoms with Gasteiger partial charge in [-0.25, -0.2) is 0 Å². The Morgan fingerprint density at radius 3 is 2.27 bits per heavy atom. The number of pyridine rings is 1. The first-order valence-electron chi connectivity index (χ1n) is 13.2. The van der Waals surface area contributed by atoms with Crippen LogP contribution < -0.4 is 4.74 Å². The van der Waals surface area contributed by atoms with Crippen molar-refractivity contribution < 1.29 is 9.47 Å². The Morgan fingerprint density at radius 1 is 0.727 bits per heavy atom. The smallest absolute Gasteiger partial charge is 0.138 e. The zero-order valence-electron chi connectivity index (χ0n) is 21.1. The van der Waals surface area contributed by atoms with Crippen LogP contribution in [0.4, 0.5) is 0 Å². The molecule has 3 heteroatoms. The summed E-state index contributed by atoms with van der Waals surface area (Å²) in [5.74, 6) is 0.822. The minimum absolute atomic E-state index is 0.607. The quantitative estimate of drug-likeness (QED) is 0.158. The predicted molar refractivity (Wildman–Crippen MR) is 141 cm³/mol. The Kier molecular flexibility index (Phi) is 15.0. The molecule has 0 amide bonds. The Hall–Kier alpha value is -2.13. The molecule has 0 N–H and O–H groups in total. The van der Waals surface area contributed by atoms with Crippen molar-refractivity contribution in [2.24, 2.45) is 0 Å². The highest BCUT2D eigenvalue weighted by atomic mass is 16.5. The molecule has 0 spiro atoms. The Morgan fingerprint density at radius 2 is 1.52 bits per heavy atom. The molecule has 0 fully saturated rings. The molecule has 33 heavy (non-hydrogen) atoms. The molecule has 0 radical (unpaired) electrons. The average Bonchev–Trinajstić information content (AvgIpc) is 2.85. The van der Waals surface area contributed by atoms with Gasteiger partial charge in [0.05, 0.1) is 11.9 Å². The highest BCUT2D eigenvalue weighted by molar-refractivity contribution is 5.59. The highest BCUT2D eigenvalue weighted by Gasteiger charge is 2.01. The topological polar surface area (TPSA) is 31.4 Å². The van der Waals surface area contributed by atoms with E-state index in [2.05, 4.69) is 55.2 Å². The maximum atomic E-state index is 5.80. The number of nitrogens with zero attached hydrogens (tertiary/aromatic N) is 1. The molecule has 2 rings (SSSR count). The van der Waals surface area contributed by atoms with Crippen molar-refractivity contribution in [1.29, 1.82) is 0 Å². The summed E-state index contributed by atoms with van der Waals surface area (Å²) in [6.45, 7) is 6.80. The van der Waals surface area contributed by atoms with E-state index in [1.54, 1.807) is 0 Å². The number of aromatic nitrogens is 1. The number of ether oxygens (including phenoxy) is 2. The molecular weight excluding hydrogens is 406 g/mol. The lowest BCUT2D eigenvalue weighted by Crippen LogP contribution is -1.96. The molecule has 2 aromatic rings. The molecule has 0 saturated heterocycles. The molecule has 1 aromatic carbocycles. The van der Waals surface area contributed by atoms with Crippen molar-refractivity contribution in [2.75, 3.05) is 19.8 Å². The van der Waals surface area contributed by atoms with Gasteiger partial charge in [0.15, 0.2) is 0 Å². The second-order valence-corrected chi connectivity index (χ2v) is 8.84. The number of unbranched alkanes of at least 4 members (excludes halogenated alkanes) is 8. The van der Waals surface area contributed by atoms with Gasteiger partial charge in [-0.15, -0.1) is 0 Å². The third-order valence-electron chi connectivity index (χ3n) is 5.83. The summed E-state index contributed by atoms with van der Waals surface area (Å²) in [6, 6.07) is 12.9. The van der Waals surface area contributed by atoms with Gasteiger partial charge in [-0.05, 0) is 56.2 Å². The van der Waals surface area contributed by atoms with Crippen molar-refractivity contribution in [2.45, 2.75) is 90.9 Å². The van der Waals surface area contributed by atoms with Gasteiger partial charge in [-0.2, -0.15) is 0 Å². The maximum Gasteiger partial charge on any atom is 0.138 e. The van der Waals surface area contributed by atoms with Crippen LogP contribution in [0.25, 0.3) is 11.3 Å². The van der Waals surface area contributed by atoms with E-state index in [0.717, 1.165) is 55.9 Å². The van der Waals surface area contributed by atoms with Crippen molar-refractivity contribution >= 4 is 0 Å². The Labute approximate surface area is 202 Å². The van der Waals surface area contributed by atoms with Crippen molar-refractivity contribution in [3.8, 4) is 17.0 Å². The summed E-state index contributed by atoms with van der Waals surface area (Å²) in [4.78, 5) is 4.59. The third kappa shape index (κ3) is 12.6. The lowest BCUT2D eigenvalue weighted by atomic mass is 10.0. The Balaban J connectivity index is 1.62. The van der Waals surface area contributed by atoms with Gasteiger partial charge in [-0.3, -0.25) is 4.98 Å². The lowest BCUT2D eigenvalue weighted by Gasteiger charge is -2.07. The Bertz CT molecular complexity index is 737. The molecule has 0 aliphatic carbocycles. The fraction of sp³-hybridized carbons (Fsp3) is 0.567. The maximum absolute atomic E-state index is 5.80. The van der Waals surface area contributed by atoms with E-state index < -0.39 is 0 Å². The van der Waals surface area contributed by atoms with Crippen molar-refractivity contribution in [3.05, 3.63) is 60.3 Å². The zero-order valence-corrected chi connectivity index (χ0v) is 21.1. The molecule has 3 nitrogen and oxygen atoms in total. The summed E-state index contributed by atoms with van der Waals surface area (Å²) in [6.07, 6.45) is 21.2. The molecule has 0 saturated carbocycles. The van der Waals surface area contributed by atoms with Gasteiger partial charge in [0.2, 0.25) is 0 Å². The summed E-state index contributed by atoms with van der Waals surface area (Å²) in [7, 11) is 0. The SMILES string of the molecule is CCCCCCCC/C=C/COc1ccc(-c2ccc(CCCCCOCCC)cc2)nc1. The fourth-order valence-corrected chi connectivity index (χ4v) is 3.81. The van der Waals surface area contributed by atoms with Gasteiger partial charge in [0, 0.05) is 18.8 Å². The van der Waals surface area contributed by atoms with Crippen LogP contribution in [0.1, 0.15) is 90.0 Å². The zero-order chi connectivity index (χ0) is 23.4. The number of aryl methyl sites for hydroxylation is 1. The summed E-state index contributed by atoms with van der Waals surface area (Å²) in [5.41, 5.74) is 3.53. The fourth-order valence-electron chi connectivity index (χ4n) is 3.81. The first-order valence-corrected chi connectivity index (χ1v) is 13.2. The lowest BCUT2D eigenvalue weighted by molar-refractivity contribution is 0.130. The van der Waals surface area contributed by atoms with E-state index in [1.165, 1.54) is 56.9 Å². The molecule has 0 atom stereocenters. The number of rotatable bonds is 19. The average molecular weight is 452 g/mol. The van der Waals surface area contributed by atoms with Gasteiger partial charge in [0.25, 0.3) is 0 Å². The van der Waals surface area contributed by atoms with Gasteiger partial charge < -0.3 is 9.47 Å². The number of hydrogen-bond acceptors (Lipinski definition) is 3. The predicted octanol–water partition coefficient (Wildman–Crippen LogP) is 8.57. The molecule has 0 aliphatic heterocycles. The van der Waals surface area contributed by atoms with Crippen LogP contribution in [-0.4, -0.2) is 24.8 Å². The van der Waals surface area contributed by atoms with Crippen LogP contribution in [0.3, 0.4) is 0 Å². The summed E-state index contributed by atoms with van der Waals surface area (Å²) in [5, 5.41) is 0. The molecule has 0 bridgehead atoms. The summed E-state index contributed by atoms with van der Waals surface area (Å²) >= 11 is 0. The largest absolute Gasteiger partial charge is 0.488 e. The molecule has 0 unspecified atom stereocenters. The first kappa shape index (κ1) is 27.1. The third-order valence-corrected chi connectivity index (χ3v) is 5.83. The van der Waals surface area contributed by atoms with Crippen molar-refractivity contribution in [3.63, 3.8) is 0 Å². The van der Waals surface area contributed by atoms with Gasteiger partial charge in [0.1, 0.15) is 12.4 Å². The highest BCUT2D eigenvalue weighted by Crippen LogP contribution is 2.21. The normalized spacial score (nSPS) is 11.3. The molecule has 0 aliphatic rings. The minimum atomic E-state index is 0.607. The van der Waals surface area contributed by atoms with Crippen LogP contribution in [0.2, 0.25) is 0 Å². The van der Waals surface area contributed by atoms with Crippen LogP contribution in [0.15, 0.2) is 54.7 Å². The first-order chi connectivity index (χ1) is 16.3. The molecular formula is C30H45NO2. The van der Waals surface area contributed by atoms with E-state index in [9.17, 15) is 0 Å². The van der Waals surface area contributed by atoms with E-state index in [1.807, 2.05) is 18.3 Å². The van der Waals surface area contributed by atoms with Crippen LogP contribution in [0, 0.1) is 0 Å². The number of allylic oxidation sites excluding steroid dienone is 1. The summed E-state index contributed by atoms with van der Waals surface area (Å²) < 4.78 is 11.3. The van der Waals surface area contributed by atoms with Crippen LogP contribution in [0.5, 0.6) is 5.75 Å². The monoisotopic (exact) mass is 451 g/mol. The molecule has 1 heterocycles. The molecule has 182 valence electrons. The van der Waals surface area contributed by atoms with Crippen LogP contribution in [-0.2, 0) is 11.2 Å². The second kappa shape index (κ2) is 18.3. The van der Waals surface area contributed by atoms with E-state index in [0.29, 0.717) is 6.61 Å². The number of hydrogen-bond donors (Lipinski definition) is 0. The standard InChI is InChI=1S/C30H45NO2/c1-3-5-6-7-8-9-10-11-15-25-33-29-21-22-30(31-26-29)28-19-17-27(18-20-28)16-13-12-14-24-32-23-4-2/h11,15,17-22,26H,3-10,12-14,16,23-25H2,1-2H3/b15-11+. The van der Waals surface area contributed by atoms with Crippen LogP contribution >= 0.6 is 0 Å². The molecule has 1 aromatic heterocycles. The van der Waals surface area contributed by atoms with Crippen molar-refractivity contribution in [1.82, 2.24) is 4.98 Å². The van der Waals surface area contributed by atoms with E-state index in [-0.39, 0.29) is 0 Å². The minimum Gasteiger partial charge on any atom is -0.488 e. The van der Waals surface area contributed by atoms with E-state index >= 15 is 0 Å². The second-order valence-electron chi connectivity index (χ2n) is 8.84. The van der Waals surface area contributed by atoms with E-state index in [4.69, 9.17) is 9.47 Å².